The Kier molecular flexibility index (Phi) is 11.9. The normalized spacial score (nSPS) is 11.9. The summed E-state index contributed by atoms with van der Waals surface area (Å²) >= 11 is 0. The van der Waals surface area contributed by atoms with E-state index in [9.17, 15) is 65.5 Å². The molecule has 0 radical (unpaired) electrons. The van der Waals surface area contributed by atoms with E-state index in [2.05, 4.69) is 31.1 Å². The van der Waals surface area contributed by atoms with Gasteiger partial charge in [0.05, 0.1) is 25.3 Å². The molecule has 0 fully saturated rings. The van der Waals surface area contributed by atoms with Gasteiger partial charge in [-0.3, -0.25) is 18.7 Å². The van der Waals surface area contributed by atoms with Gasteiger partial charge in [0, 0.05) is 22.1 Å². The summed E-state index contributed by atoms with van der Waals surface area (Å²) in [6.45, 7) is 0. The first-order valence-corrected chi connectivity index (χ1v) is 19.9. The number of aromatic carboxylic acids is 2. The third kappa shape index (κ3) is 9.06. The second-order valence-corrected chi connectivity index (χ2v) is 15.4. The number of carboxylic acid groups (broad SMARTS) is 2. The van der Waals surface area contributed by atoms with Crippen LogP contribution in [-0.2, 0) is 29.8 Å². The number of amides is 2. The molecule has 0 aliphatic carbocycles. The Balaban J connectivity index is 1.25. The van der Waals surface area contributed by atoms with Crippen LogP contribution in [0.4, 0.5) is 34.1 Å². The van der Waals surface area contributed by atoms with Crippen molar-refractivity contribution >= 4 is 99.7 Å². The largest absolute Gasteiger partial charge is 0.505 e. The molecule has 0 aliphatic rings. The molecule has 0 heterocycles. The molecule has 0 aliphatic heterocycles. The number of methoxy groups -OCH3 is 2. The third-order valence-corrected chi connectivity index (χ3v) is 10.5. The highest BCUT2D eigenvalue weighted by Gasteiger charge is 2.25. The molecule has 0 saturated carbocycles. The van der Waals surface area contributed by atoms with Crippen molar-refractivity contribution in [2.45, 2.75) is 9.79 Å². The first kappa shape index (κ1) is 43.5. The summed E-state index contributed by atoms with van der Waals surface area (Å²) in [7, 11) is -7.74. The minimum Gasteiger partial charge on any atom is -0.505 e. The number of nitrogens with zero attached hydrogens (tertiary/aromatic N) is 4. The van der Waals surface area contributed by atoms with Crippen LogP contribution in [-0.4, -0.2) is 84.3 Å². The number of azo groups is 2. The summed E-state index contributed by atoms with van der Waals surface area (Å²) in [5.41, 5.74) is -1.98. The van der Waals surface area contributed by atoms with Gasteiger partial charge in [-0.2, -0.15) is 16.8 Å². The van der Waals surface area contributed by atoms with Gasteiger partial charge in [0.2, 0.25) is 0 Å². The Hall–Kier alpha value is -8.06. The molecule has 0 spiro atoms. The smallest absolute Gasteiger partial charge is 0.335 e. The fraction of sp³-hybridized carbons (Fsp3) is 0.0526. The van der Waals surface area contributed by atoms with Crippen LogP contribution in [0.15, 0.2) is 115 Å². The van der Waals surface area contributed by atoms with Crippen LogP contribution < -0.4 is 20.1 Å². The summed E-state index contributed by atoms with van der Waals surface area (Å²) in [4.78, 5) is 46.8. The minimum absolute atomic E-state index is 0.0376. The highest BCUT2D eigenvalue weighted by Crippen LogP contribution is 2.44. The van der Waals surface area contributed by atoms with E-state index in [-0.39, 0.29) is 66.9 Å². The number of carbonyl (C=O) groups is 4. The first-order valence-electron chi connectivity index (χ1n) is 17.0. The van der Waals surface area contributed by atoms with Crippen LogP contribution in [0.2, 0.25) is 0 Å². The van der Waals surface area contributed by atoms with Crippen molar-refractivity contribution in [1.82, 2.24) is 0 Å². The number of nitrogens with one attached hydrogen (secondary N) is 2. The lowest BCUT2D eigenvalue weighted by molar-refractivity contribution is -0.132. The van der Waals surface area contributed by atoms with E-state index in [0.717, 1.165) is 36.4 Å². The Morgan fingerprint density at radius 1 is 0.532 bits per heavy atom. The van der Waals surface area contributed by atoms with Gasteiger partial charge >= 0.3 is 23.8 Å². The highest BCUT2D eigenvalue weighted by atomic mass is 32.2. The van der Waals surface area contributed by atoms with Gasteiger partial charge in [-0.15, -0.1) is 20.5 Å². The van der Waals surface area contributed by atoms with Gasteiger partial charge in [-0.25, -0.2) is 9.59 Å². The first-order chi connectivity index (χ1) is 29.2. The molecule has 22 nitrogen and oxygen atoms in total. The zero-order valence-electron chi connectivity index (χ0n) is 31.5. The van der Waals surface area contributed by atoms with Gasteiger partial charge in [-0.1, -0.05) is 0 Å². The standard InChI is InChI=1S/C38H28N6O16S2/c1-59-27-13-17(37(49)50)3-9-25(27)41-43-31-29(61(53,54)55)15-19-11-21(5-7-23(19)33(31)45)39-35(47)36(48)40-22-6-8-24-20(12-22)16-30(62(56,57)58)32(34(24)46)44-42-26-10-4-18(38(51)52)14-28(26)60-2/h3-16,45-46H,1-2H3,(H,39,47)(H,40,48)(H,49,50)(H,51,52)(H,53,54,55)(H,56,57,58). The summed E-state index contributed by atoms with van der Waals surface area (Å²) in [5.74, 6) is -6.70. The predicted molar refractivity (Wildman–Crippen MR) is 216 cm³/mol. The molecule has 6 rings (SSSR count). The maximum atomic E-state index is 13.0. The molecule has 8 N–H and O–H groups in total. The van der Waals surface area contributed by atoms with Crippen molar-refractivity contribution in [2.24, 2.45) is 20.5 Å². The van der Waals surface area contributed by atoms with E-state index in [1.54, 1.807) is 0 Å². The maximum Gasteiger partial charge on any atom is 0.335 e. The topological polar surface area (TPSA) is 350 Å². The number of ether oxygens (including phenoxy) is 2. The summed E-state index contributed by atoms with van der Waals surface area (Å²) in [5, 5.41) is 60.2. The van der Waals surface area contributed by atoms with Gasteiger partial charge in [0.15, 0.2) is 11.5 Å². The lowest BCUT2D eigenvalue weighted by Gasteiger charge is -2.12. The monoisotopic (exact) mass is 888 g/mol. The number of rotatable bonds is 12. The van der Waals surface area contributed by atoms with Crippen LogP contribution in [0.25, 0.3) is 21.5 Å². The van der Waals surface area contributed by atoms with E-state index in [1.807, 2.05) is 0 Å². The number of phenolic OH excluding ortho intramolecular Hbond substituents is 2. The van der Waals surface area contributed by atoms with Gasteiger partial charge < -0.3 is 40.5 Å². The SMILES string of the molecule is COc1cc(C(=O)O)ccc1N=Nc1c(S(=O)(=O)O)cc2cc(NC(=O)C(=O)Nc3ccc4c(O)c(N=Nc5ccc(C(=O)O)cc5OC)c(S(=O)(=O)O)cc4c3)ccc2c1O. The van der Waals surface area contributed by atoms with Crippen molar-refractivity contribution in [3.63, 3.8) is 0 Å². The van der Waals surface area contributed by atoms with Crippen LogP contribution in [0, 0.1) is 0 Å². The third-order valence-electron chi connectivity index (χ3n) is 8.75. The number of phenols is 2. The van der Waals surface area contributed by atoms with Crippen LogP contribution >= 0.6 is 0 Å². The average Bonchev–Trinajstić information content (AvgIpc) is 3.21. The quantitative estimate of drug-likeness (QED) is 0.0359. The van der Waals surface area contributed by atoms with Crippen molar-refractivity contribution in [3.05, 3.63) is 96.1 Å². The van der Waals surface area contributed by atoms with Crippen LogP contribution in [0.1, 0.15) is 20.7 Å². The number of fused-ring (bicyclic) bond motifs is 2. The van der Waals surface area contributed by atoms with E-state index in [1.165, 1.54) is 62.8 Å². The van der Waals surface area contributed by atoms with E-state index in [4.69, 9.17) is 9.47 Å². The maximum absolute atomic E-state index is 13.0. The number of hydrogen-bond donors (Lipinski definition) is 8. The van der Waals surface area contributed by atoms with Crippen LogP contribution in [0.3, 0.4) is 0 Å². The van der Waals surface area contributed by atoms with Crippen LogP contribution in [0.5, 0.6) is 23.0 Å². The molecular formula is C38H28N6O16S2. The van der Waals surface area contributed by atoms with Gasteiger partial charge in [0.25, 0.3) is 20.2 Å². The molecule has 0 aromatic heterocycles. The molecule has 6 aromatic carbocycles. The number of aromatic hydroxyl groups is 2. The fourth-order valence-corrected chi connectivity index (χ4v) is 7.13. The Labute approximate surface area is 347 Å². The second-order valence-electron chi connectivity index (χ2n) is 12.7. The molecule has 0 unspecified atom stereocenters. The number of carboxylic acids is 2. The van der Waals surface area contributed by atoms with Crippen molar-refractivity contribution in [3.8, 4) is 23.0 Å². The van der Waals surface area contributed by atoms with Crippen molar-refractivity contribution in [1.29, 1.82) is 0 Å². The molecule has 24 heteroatoms. The van der Waals surface area contributed by atoms with Gasteiger partial charge in [0.1, 0.15) is 44.0 Å². The average molecular weight is 889 g/mol. The Morgan fingerprint density at radius 2 is 0.903 bits per heavy atom. The van der Waals surface area contributed by atoms with E-state index in [0.29, 0.717) is 0 Å². The summed E-state index contributed by atoms with van der Waals surface area (Å²) < 4.78 is 79.8. The Morgan fingerprint density at radius 3 is 1.23 bits per heavy atom. The second kappa shape index (κ2) is 16.9. The number of benzene rings is 6. The summed E-state index contributed by atoms with van der Waals surface area (Å²) in [6, 6.07) is 16.1. The zero-order valence-corrected chi connectivity index (χ0v) is 33.1. The van der Waals surface area contributed by atoms with Gasteiger partial charge in [-0.05, 0) is 95.7 Å². The number of hydrogen-bond acceptors (Lipinski definition) is 16. The van der Waals surface area contributed by atoms with E-state index < -0.39 is 76.7 Å². The predicted octanol–water partition coefficient (Wildman–Crippen LogP) is 6.72. The zero-order chi connectivity index (χ0) is 45.3. The molecule has 0 saturated heterocycles. The molecule has 0 atom stereocenters. The molecular weight excluding hydrogens is 861 g/mol. The van der Waals surface area contributed by atoms with Crippen molar-refractivity contribution < 1.29 is 75.0 Å². The van der Waals surface area contributed by atoms with Crippen molar-refractivity contribution in [2.75, 3.05) is 24.9 Å². The highest BCUT2D eigenvalue weighted by molar-refractivity contribution is 7.86. The van der Waals surface area contributed by atoms with E-state index >= 15 is 0 Å². The fourth-order valence-electron chi connectivity index (χ4n) is 5.82. The lowest BCUT2D eigenvalue weighted by Crippen LogP contribution is -2.29. The molecule has 318 valence electrons. The number of anilines is 2. The molecule has 0 bridgehead atoms. The molecule has 6 aromatic rings. The molecule has 2 amide bonds. The molecule has 62 heavy (non-hydrogen) atoms. The Bertz CT molecular complexity index is 2980. The number of carbonyl (C=O) groups excluding carboxylic acids is 2. The lowest BCUT2D eigenvalue weighted by atomic mass is 10.1. The summed E-state index contributed by atoms with van der Waals surface area (Å²) in [6.07, 6.45) is 0. The minimum atomic E-state index is -5.09.